The van der Waals surface area contributed by atoms with Gasteiger partial charge in [0.2, 0.25) is 0 Å². The molecular formula is C10H7F4N3O. The van der Waals surface area contributed by atoms with Crippen LogP contribution < -0.4 is 4.74 Å². The molecule has 0 atom stereocenters. The second-order valence-corrected chi connectivity index (χ2v) is 3.35. The molecule has 0 spiro atoms. The van der Waals surface area contributed by atoms with Crippen molar-refractivity contribution < 1.29 is 22.3 Å². The summed E-state index contributed by atoms with van der Waals surface area (Å²) >= 11 is 0. The van der Waals surface area contributed by atoms with Crippen LogP contribution in [-0.2, 0) is 6.54 Å². The van der Waals surface area contributed by atoms with Gasteiger partial charge in [0.1, 0.15) is 12.9 Å². The van der Waals surface area contributed by atoms with E-state index in [2.05, 4.69) is 10.1 Å². The molecule has 0 amide bonds. The molecule has 8 heteroatoms. The molecule has 0 fully saturated rings. The van der Waals surface area contributed by atoms with Crippen LogP contribution >= 0.6 is 0 Å². The smallest absolute Gasteiger partial charge is 0.408 e. The van der Waals surface area contributed by atoms with Crippen LogP contribution in [0.3, 0.4) is 0 Å². The highest BCUT2D eigenvalue weighted by Crippen LogP contribution is 2.24. The van der Waals surface area contributed by atoms with Gasteiger partial charge in [0.15, 0.2) is 11.6 Å². The molecule has 18 heavy (non-hydrogen) atoms. The zero-order valence-electron chi connectivity index (χ0n) is 8.86. The zero-order chi connectivity index (χ0) is 13.2. The average molecular weight is 261 g/mol. The topological polar surface area (TPSA) is 39.9 Å². The number of hydrogen-bond donors (Lipinski definition) is 0. The first-order valence-corrected chi connectivity index (χ1v) is 4.82. The highest BCUT2D eigenvalue weighted by atomic mass is 19.4. The third-order valence-electron chi connectivity index (χ3n) is 1.95. The van der Waals surface area contributed by atoms with Crippen LogP contribution in [0, 0.1) is 5.82 Å². The normalized spacial score (nSPS) is 11.6. The van der Waals surface area contributed by atoms with E-state index in [1.54, 1.807) is 0 Å². The predicted molar refractivity (Wildman–Crippen MR) is 52.6 cm³/mol. The zero-order valence-corrected chi connectivity index (χ0v) is 8.86. The number of benzene rings is 1. The van der Waals surface area contributed by atoms with Crippen LogP contribution in [0.25, 0.3) is 0 Å². The summed E-state index contributed by atoms with van der Waals surface area (Å²) in [7, 11) is 0. The Labute approximate surface area is 98.8 Å². The monoisotopic (exact) mass is 261 g/mol. The van der Waals surface area contributed by atoms with Crippen molar-refractivity contribution in [3.63, 3.8) is 0 Å². The van der Waals surface area contributed by atoms with Gasteiger partial charge in [-0.05, 0) is 12.1 Å². The molecule has 0 saturated heterocycles. The van der Waals surface area contributed by atoms with Crippen molar-refractivity contribution in [2.75, 3.05) is 0 Å². The third kappa shape index (κ3) is 2.96. The number of aromatic nitrogens is 3. The maximum atomic E-state index is 13.2. The van der Waals surface area contributed by atoms with Gasteiger partial charge in [-0.15, -0.1) is 0 Å². The van der Waals surface area contributed by atoms with Crippen molar-refractivity contribution >= 4 is 0 Å². The van der Waals surface area contributed by atoms with E-state index in [4.69, 9.17) is 4.74 Å². The largest absolute Gasteiger partial charge is 0.421 e. The highest BCUT2D eigenvalue weighted by molar-refractivity contribution is 5.26. The summed E-state index contributed by atoms with van der Waals surface area (Å²) in [5, 5.41) is 3.37. The Balaban J connectivity index is 2.21. The van der Waals surface area contributed by atoms with Gasteiger partial charge in [-0.25, -0.2) is 9.07 Å². The number of para-hydroxylation sites is 1. The summed E-state index contributed by atoms with van der Waals surface area (Å²) in [4.78, 5) is 3.50. The van der Waals surface area contributed by atoms with E-state index in [1.165, 1.54) is 18.2 Å². The van der Waals surface area contributed by atoms with Crippen LogP contribution in [0.4, 0.5) is 17.6 Å². The summed E-state index contributed by atoms with van der Waals surface area (Å²) in [6.45, 7) is -1.35. The first-order valence-electron chi connectivity index (χ1n) is 4.82. The Morgan fingerprint density at radius 2 is 1.94 bits per heavy atom. The van der Waals surface area contributed by atoms with Gasteiger partial charge >= 0.3 is 12.2 Å². The highest BCUT2D eigenvalue weighted by Gasteiger charge is 2.30. The molecule has 0 saturated carbocycles. The van der Waals surface area contributed by atoms with E-state index in [9.17, 15) is 17.6 Å². The van der Waals surface area contributed by atoms with Crippen molar-refractivity contribution in [2.24, 2.45) is 0 Å². The lowest BCUT2D eigenvalue weighted by molar-refractivity contribution is -0.143. The quantitative estimate of drug-likeness (QED) is 0.797. The molecule has 0 aliphatic rings. The van der Waals surface area contributed by atoms with Gasteiger partial charge in [-0.1, -0.05) is 12.1 Å². The van der Waals surface area contributed by atoms with E-state index in [0.29, 0.717) is 4.68 Å². The molecule has 0 bridgehead atoms. The molecule has 0 unspecified atom stereocenters. The number of nitrogens with zero attached hydrogens (tertiary/aromatic N) is 3. The van der Waals surface area contributed by atoms with Crippen LogP contribution in [0.5, 0.6) is 11.8 Å². The summed E-state index contributed by atoms with van der Waals surface area (Å²) in [6, 6.07) is 4.91. The summed E-state index contributed by atoms with van der Waals surface area (Å²) in [6.07, 6.45) is -3.55. The minimum absolute atomic E-state index is 0.214. The van der Waals surface area contributed by atoms with Gasteiger partial charge in [0.25, 0.3) is 0 Å². The molecule has 0 N–H and O–H groups in total. The lowest BCUT2D eigenvalue weighted by Crippen LogP contribution is -2.19. The minimum Gasteiger partial charge on any atom is -0.421 e. The first-order chi connectivity index (χ1) is 8.46. The molecule has 0 aliphatic carbocycles. The van der Waals surface area contributed by atoms with Crippen LogP contribution in [0.15, 0.2) is 30.6 Å². The van der Waals surface area contributed by atoms with Gasteiger partial charge in [0.05, 0.1) is 0 Å². The van der Waals surface area contributed by atoms with Crippen LogP contribution in [0.2, 0.25) is 0 Å². The molecule has 1 heterocycles. The van der Waals surface area contributed by atoms with Crippen molar-refractivity contribution in [3.8, 4) is 11.8 Å². The predicted octanol–water partition coefficient (Wildman–Crippen LogP) is 2.77. The molecule has 1 aromatic carbocycles. The second-order valence-electron chi connectivity index (χ2n) is 3.35. The maximum absolute atomic E-state index is 13.2. The van der Waals surface area contributed by atoms with Crippen LogP contribution in [-0.4, -0.2) is 20.9 Å². The second kappa shape index (κ2) is 4.63. The molecule has 4 nitrogen and oxygen atoms in total. The van der Waals surface area contributed by atoms with Gasteiger partial charge in [0, 0.05) is 0 Å². The van der Waals surface area contributed by atoms with E-state index in [-0.39, 0.29) is 5.75 Å². The summed E-state index contributed by atoms with van der Waals surface area (Å²) < 4.78 is 55.3. The number of rotatable bonds is 3. The van der Waals surface area contributed by atoms with Gasteiger partial charge in [-0.2, -0.15) is 23.3 Å². The Kier molecular flexibility index (Phi) is 3.17. The average Bonchev–Trinajstić information content (AvgIpc) is 2.67. The summed E-state index contributed by atoms with van der Waals surface area (Å²) in [5.74, 6) is -0.909. The molecule has 2 rings (SSSR count). The van der Waals surface area contributed by atoms with Crippen LogP contribution in [0.1, 0.15) is 0 Å². The third-order valence-corrected chi connectivity index (χ3v) is 1.95. The van der Waals surface area contributed by atoms with E-state index >= 15 is 0 Å². The number of hydrogen-bond acceptors (Lipinski definition) is 3. The Bertz CT molecular complexity index is 538. The number of halogens is 4. The molecular weight excluding hydrogens is 254 g/mol. The summed E-state index contributed by atoms with van der Waals surface area (Å²) in [5.41, 5.74) is 0. The molecule has 1 aromatic heterocycles. The van der Waals surface area contributed by atoms with Crippen molar-refractivity contribution in [2.45, 2.75) is 12.7 Å². The van der Waals surface area contributed by atoms with E-state index in [0.717, 1.165) is 12.4 Å². The fourth-order valence-electron chi connectivity index (χ4n) is 1.24. The van der Waals surface area contributed by atoms with Gasteiger partial charge in [-0.3, -0.25) is 0 Å². The first kappa shape index (κ1) is 12.3. The van der Waals surface area contributed by atoms with E-state index < -0.39 is 24.5 Å². The molecule has 0 aliphatic heterocycles. The minimum atomic E-state index is -4.46. The number of alkyl halides is 3. The van der Waals surface area contributed by atoms with Crippen molar-refractivity contribution in [1.82, 2.24) is 14.8 Å². The van der Waals surface area contributed by atoms with Crippen molar-refractivity contribution in [1.29, 1.82) is 0 Å². The lowest BCUT2D eigenvalue weighted by atomic mass is 10.3. The Morgan fingerprint density at radius 1 is 1.22 bits per heavy atom. The SMILES string of the molecule is Fc1ccccc1Oc1ncnn1CC(F)(F)F. The maximum Gasteiger partial charge on any atom is 0.408 e. The fourth-order valence-corrected chi connectivity index (χ4v) is 1.24. The standard InChI is InChI=1S/C10H7F4N3O/c11-7-3-1-2-4-8(7)18-9-15-6-16-17(9)5-10(12,13)14/h1-4,6H,5H2. The van der Waals surface area contributed by atoms with Crippen molar-refractivity contribution in [3.05, 3.63) is 36.4 Å². The number of ether oxygens (including phenoxy) is 1. The Morgan fingerprint density at radius 3 is 2.61 bits per heavy atom. The van der Waals surface area contributed by atoms with Gasteiger partial charge < -0.3 is 4.74 Å². The molecule has 2 aromatic rings. The fraction of sp³-hybridized carbons (Fsp3) is 0.200. The molecule has 96 valence electrons. The van der Waals surface area contributed by atoms with E-state index in [1.807, 2.05) is 0 Å². The Hall–Kier alpha value is -2.12. The molecule has 0 radical (unpaired) electrons. The lowest BCUT2D eigenvalue weighted by Gasteiger charge is -2.09.